The first-order chi connectivity index (χ1) is 6.77. The largest absolute Gasteiger partial charge is 0.377 e. The zero-order valence-electron chi connectivity index (χ0n) is 7.74. The number of aldehydes is 1. The Morgan fingerprint density at radius 1 is 1.07 bits per heavy atom. The lowest BCUT2D eigenvalue weighted by atomic mass is 10.7. The molecule has 0 aromatic rings. The quantitative estimate of drug-likeness (QED) is 0.297. The van der Waals surface area contributed by atoms with E-state index in [9.17, 15) is 9.59 Å². The summed E-state index contributed by atoms with van der Waals surface area (Å²) in [5, 5.41) is -0.528. The van der Waals surface area contributed by atoms with Crippen LogP contribution in [0.1, 0.15) is 0 Å². The van der Waals surface area contributed by atoms with Gasteiger partial charge in [-0.15, -0.1) is 0 Å². The van der Waals surface area contributed by atoms with Crippen LogP contribution in [-0.2, 0) is 23.8 Å². The van der Waals surface area contributed by atoms with Crippen LogP contribution in [0.2, 0.25) is 0 Å². The molecule has 0 aliphatic carbocycles. The molecule has 0 radical (unpaired) electrons. The van der Waals surface area contributed by atoms with Gasteiger partial charge in [-0.2, -0.15) is 0 Å². The summed E-state index contributed by atoms with van der Waals surface area (Å²) >= 11 is 5.02. The molecule has 0 saturated carbocycles. The molecule has 0 heterocycles. The van der Waals surface area contributed by atoms with E-state index in [0.717, 1.165) is 0 Å². The summed E-state index contributed by atoms with van der Waals surface area (Å²) in [6.07, 6.45) is 0.676. The van der Waals surface area contributed by atoms with E-state index in [1.807, 2.05) is 0 Å². The molecule has 0 spiro atoms. The van der Waals surface area contributed by atoms with Crippen molar-refractivity contribution in [3.63, 3.8) is 0 Å². The third kappa shape index (κ3) is 11.5. The van der Waals surface area contributed by atoms with Gasteiger partial charge >= 0.3 is 0 Å². The highest BCUT2D eigenvalue weighted by Gasteiger charge is 1.95. The first-order valence-electron chi connectivity index (χ1n) is 4.12. The second-order valence-corrected chi connectivity index (χ2v) is 2.68. The summed E-state index contributed by atoms with van der Waals surface area (Å²) < 4.78 is 14.7. The van der Waals surface area contributed by atoms with Crippen molar-refractivity contribution >= 4 is 23.1 Å². The molecule has 5 nitrogen and oxygen atoms in total. The fourth-order valence-electron chi connectivity index (χ4n) is 0.622. The second-order valence-electron chi connectivity index (χ2n) is 2.26. The van der Waals surface area contributed by atoms with E-state index in [1.165, 1.54) is 0 Å². The standard InChI is InChI=1S/C8H13ClO5/c9-8(11)7-14-6-5-13-4-3-12-2-1-10/h1H,2-7H2. The lowest BCUT2D eigenvalue weighted by Gasteiger charge is -2.03. The van der Waals surface area contributed by atoms with Crippen LogP contribution in [0, 0.1) is 0 Å². The van der Waals surface area contributed by atoms with Gasteiger partial charge in [0.15, 0.2) is 0 Å². The van der Waals surface area contributed by atoms with Gasteiger partial charge in [-0.1, -0.05) is 0 Å². The molecule has 0 rings (SSSR count). The molecule has 0 aromatic heterocycles. The smallest absolute Gasteiger partial charge is 0.247 e. The molecule has 0 fully saturated rings. The normalized spacial score (nSPS) is 10.1. The van der Waals surface area contributed by atoms with Crippen molar-refractivity contribution in [2.45, 2.75) is 0 Å². The van der Waals surface area contributed by atoms with Gasteiger partial charge in [0.2, 0.25) is 5.24 Å². The van der Waals surface area contributed by atoms with Gasteiger partial charge in [0.1, 0.15) is 19.5 Å². The second kappa shape index (κ2) is 10.6. The Kier molecular flexibility index (Phi) is 10.2. The Bertz CT molecular complexity index is 162. The molecule has 82 valence electrons. The predicted molar refractivity (Wildman–Crippen MR) is 49.4 cm³/mol. The lowest BCUT2D eigenvalue weighted by molar-refractivity contribution is -0.116. The number of ether oxygens (including phenoxy) is 3. The van der Waals surface area contributed by atoms with Gasteiger partial charge in [-0.3, -0.25) is 4.79 Å². The van der Waals surface area contributed by atoms with Crippen molar-refractivity contribution in [1.29, 1.82) is 0 Å². The molecule has 0 aromatic carbocycles. The third-order valence-corrected chi connectivity index (χ3v) is 1.25. The van der Waals surface area contributed by atoms with Gasteiger partial charge in [0.05, 0.1) is 26.4 Å². The summed E-state index contributed by atoms with van der Waals surface area (Å²) in [6.45, 7) is 1.42. The van der Waals surface area contributed by atoms with E-state index in [4.69, 9.17) is 25.8 Å². The topological polar surface area (TPSA) is 61.8 Å². The minimum absolute atomic E-state index is 0.0839. The average molecular weight is 225 g/mol. The first-order valence-corrected chi connectivity index (χ1v) is 4.50. The zero-order chi connectivity index (χ0) is 10.6. The van der Waals surface area contributed by atoms with Gasteiger partial charge in [-0.25, -0.2) is 0 Å². The Morgan fingerprint density at radius 2 is 1.64 bits per heavy atom. The van der Waals surface area contributed by atoms with Crippen LogP contribution >= 0.6 is 11.6 Å². The van der Waals surface area contributed by atoms with E-state index in [0.29, 0.717) is 32.7 Å². The van der Waals surface area contributed by atoms with Crippen molar-refractivity contribution in [1.82, 2.24) is 0 Å². The van der Waals surface area contributed by atoms with Crippen molar-refractivity contribution in [2.24, 2.45) is 0 Å². The molecule has 0 bridgehead atoms. The maximum Gasteiger partial charge on any atom is 0.247 e. The van der Waals surface area contributed by atoms with Crippen LogP contribution in [0.5, 0.6) is 0 Å². The molecule has 6 heteroatoms. The van der Waals surface area contributed by atoms with Crippen LogP contribution in [0.4, 0.5) is 0 Å². The van der Waals surface area contributed by atoms with Crippen LogP contribution in [0.3, 0.4) is 0 Å². The number of carbonyl (C=O) groups excluding carboxylic acids is 2. The summed E-state index contributed by atoms with van der Waals surface area (Å²) in [5.41, 5.74) is 0. The molecule has 0 atom stereocenters. The van der Waals surface area contributed by atoms with E-state index < -0.39 is 5.24 Å². The van der Waals surface area contributed by atoms with Gasteiger partial charge in [-0.05, 0) is 11.6 Å². The van der Waals surface area contributed by atoms with Crippen LogP contribution in [-0.4, -0.2) is 51.2 Å². The molecule has 0 saturated heterocycles. The SMILES string of the molecule is O=CCOCCOCCOCC(=O)Cl. The first kappa shape index (κ1) is 13.5. The minimum atomic E-state index is -0.528. The van der Waals surface area contributed by atoms with Crippen molar-refractivity contribution in [3.05, 3.63) is 0 Å². The number of carbonyl (C=O) groups is 2. The number of rotatable bonds is 10. The summed E-state index contributed by atoms with van der Waals surface area (Å²) in [5.74, 6) is 0. The molecular weight excluding hydrogens is 212 g/mol. The number of halogens is 1. The zero-order valence-corrected chi connectivity index (χ0v) is 8.50. The lowest BCUT2D eigenvalue weighted by Crippen LogP contribution is -2.11. The highest BCUT2D eigenvalue weighted by atomic mass is 35.5. The molecule has 0 amide bonds. The average Bonchev–Trinajstić information content (AvgIpc) is 2.15. The maximum atomic E-state index is 10.2. The monoisotopic (exact) mass is 224 g/mol. The minimum Gasteiger partial charge on any atom is -0.377 e. The Balaban J connectivity index is 2.92. The van der Waals surface area contributed by atoms with Crippen molar-refractivity contribution < 1.29 is 23.8 Å². The molecular formula is C8H13ClO5. The van der Waals surface area contributed by atoms with Crippen molar-refractivity contribution in [3.8, 4) is 0 Å². The predicted octanol–water partition coefficient (Wildman–Crippen LogP) is 0.000500. The summed E-state index contributed by atoms with van der Waals surface area (Å²) in [4.78, 5) is 20.0. The molecule has 0 aliphatic rings. The van der Waals surface area contributed by atoms with Gasteiger partial charge in [0.25, 0.3) is 0 Å². The molecule has 14 heavy (non-hydrogen) atoms. The molecule has 0 aliphatic heterocycles. The summed E-state index contributed by atoms with van der Waals surface area (Å²) in [7, 11) is 0. The summed E-state index contributed by atoms with van der Waals surface area (Å²) in [6, 6.07) is 0. The highest BCUT2D eigenvalue weighted by molar-refractivity contribution is 6.63. The molecule has 0 N–H and O–H groups in total. The van der Waals surface area contributed by atoms with E-state index >= 15 is 0 Å². The highest BCUT2D eigenvalue weighted by Crippen LogP contribution is 1.84. The van der Waals surface area contributed by atoms with E-state index in [2.05, 4.69) is 0 Å². The number of hydrogen-bond donors (Lipinski definition) is 0. The van der Waals surface area contributed by atoms with Crippen LogP contribution in [0.15, 0.2) is 0 Å². The van der Waals surface area contributed by atoms with Crippen LogP contribution in [0.25, 0.3) is 0 Å². The van der Waals surface area contributed by atoms with Gasteiger partial charge < -0.3 is 19.0 Å². The van der Waals surface area contributed by atoms with Crippen molar-refractivity contribution in [2.75, 3.05) is 39.6 Å². The Morgan fingerprint density at radius 3 is 2.21 bits per heavy atom. The fourth-order valence-corrected chi connectivity index (χ4v) is 0.699. The van der Waals surface area contributed by atoms with E-state index in [-0.39, 0.29) is 13.2 Å². The third-order valence-electron chi connectivity index (χ3n) is 1.15. The van der Waals surface area contributed by atoms with E-state index in [1.54, 1.807) is 0 Å². The fraction of sp³-hybridized carbons (Fsp3) is 0.750. The van der Waals surface area contributed by atoms with Crippen LogP contribution < -0.4 is 0 Å². The molecule has 0 unspecified atom stereocenters. The number of hydrogen-bond acceptors (Lipinski definition) is 5. The maximum absolute atomic E-state index is 10.2. The Labute approximate surface area is 87.3 Å². The van der Waals surface area contributed by atoms with Gasteiger partial charge in [0, 0.05) is 0 Å². The Hall–Kier alpha value is -0.490.